The van der Waals surface area contributed by atoms with Gasteiger partial charge in [-0.2, -0.15) is 8.78 Å². The highest BCUT2D eigenvalue weighted by Crippen LogP contribution is 2.29. The van der Waals surface area contributed by atoms with E-state index in [0.29, 0.717) is 30.8 Å². The molecule has 33 heavy (non-hydrogen) atoms. The van der Waals surface area contributed by atoms with Crippen molar-refractivity contribution in [1.82, 2.24) is 30.1 Å². The Morgan fingerprint density at radius 3 is 2.73 bits per heavy atom. The van der Waals surface area contributed by atoms with Gasteiger partial charge in [0.2, 0.25) is 5.89 Å². The first kappa shape index (κ1) is 21.7. The van der Waals surface area contributed by atoms with Crippen LogP contribution in [0.4, 0.5) is 17.6 Å². The highest BCUT2D eigenvalue weighted by atomic mass is 32.1. The second-order valence-corrected chi connectivity index (χ2v) is 8.91. The zero-order valence-corrected chi connectivity index (χ0v) is 18.0. The predicted octanol–water partition coefficient (Wildman–Crippen LogP) is 4.73. The van der Waals surface area contributed by atoms with E-state index in [1.807, 2.05) is 12.1 Å². The minimum Gasteiger partial charge on any atom is -0.415 e. The molecule has 0 amide bonds. The van der Waals surface area contributed by atoms with Crippen molar-refractivity contribution in [1.29, 1.82) is 0 Å². The number of hydrogen-bond donors (Lipinski definition) is 0. The van der Waals surface area contributed by atoms with E-state index in [-0.39, 0.29) is 18.0 Å². The Bertz CT molecular complexity index is 1260. The third-order valence-corrected chi connectivity index (χ3v) is 6.40. The minimum absolute atomic E-state index is 0.134. The van der Waals surface area contributed by atoms with E-state index >= 15 is 0 Å². The third kappa shape index (κ3) is 4.81. The topological polar surface area (TPSA) is 72.9 Å². The van der Waals surface area contributed by atoms with Crippen LogP contribution in [0.3, 0.4) is 0 Å². The maximum Gasteiger partial charge on any atom is 0.314 e. The summed E-state index contributed by atoms with van der Waals surface area (Å²) < 4.78 is 59.6. The van der Waals surface area contributed by atoms with E-state index in [0.717, 1.165) is 22.4 Å². The molecular weight excluding hydrogens is 460 g/mol. The van der Waals surface area contributed by atoms with Crippen molar-refractivity contribution in [2.75, 3.05) is 13.1 Å². The minimum atomic E-state index is -2.89. The number of alkyl halides is 3. The molecule has 0 aliphatic carbocycles. The molecule has 1 aliphatic rings. The van der Waals surface area contributed by atoms with Crippen LogP contribution in [-0.4, -0.2) is 49.4 Å². The van der Waals surface area contributed by atoms with Crippen LogP contribution in [0.25, 0.3) is 22.0 Å². The summed E-state index contributed by atoms with van der Waals surface area (Å²) >= 11 is 1.57. The van der Waals surface area contributed by atoms with Crippen molar-refractivity contribution < 1.29 is 22.0 Å². The monoisotopic (exact) mass is 478 g/mol. The molecule has 4 aromatic rings. The number of thiophene rings is 1. The molecule has 172 valence electrons. The van der Waals surface area contributed by atoms with Crippen LogP contribution in [0.15, 0.2) is 40.9 Å². The summed E-state index contributed by atoms with van der Waals surface area (Å²) in [4.78, 5) is 4.13. The van der Waals surface area contributed by atoms with Gasteiger partial charge in [0.25, 0.3) is 5.89 Å². The summed E-state index contributed by atoms with van der Waals surface area (Å²) in [5.74, 6) is -1.55. The molecule has 0 bridgehead atoms. The number of aromatic nitrogens is 5. The van der Waals surface area contributed by atoms with Crippen molar-refractivity contribution >= 4 is 11.3 Å². The molecule has 0 saturated carbocycles. The van der Waals surface area contributed by atoms with Gasteiger partial charge in [0, 0.05) is 35.6 Å². The van der Waals surface area contributed by atoms with Crippen LogP contribution in [0.2, 0.25) is 0 Å². The molecule has 5 rings (SSSR count). The molecule has 1 fully saturated rings. The van der Waals surface area contributed by atoms with Gasteiger partial charge in [-0.25, -0.2) is 13.5 Å². The van der Waals surface area contributed by atoms with Gasteiger partial charge in [-0.1, -0.05) is 11.3 Å². The number of likely N-dealkylation sites (tertiary alicyclic amines) is 1. The van der Waals surface area contributed by atoms with Gasteiger partial charge in [-0.3, -0.25) is 4.90 Å². The number of nitrogens with zero attached hydrogens (tertiary/aromatic N) is 6. The molecule has 1 unspecified atom stereocenters. The van der Waals surface area contributed by atoms with Crippen LogP contribution in [0, 0.1) is 5.82 Å². The SMILES string of the molecule is Fc1cc(-c2nnc(C(F)F)o2)ccc1Cn1cc(-c2ccc(CN3CCC(F)C3)s2)nn1. The molecular formula is C21H18F4N6OS. The summed E-state index contributed by atoms with van der Waals surface area (Å²) in [5, 5.41) is 15.0. The lowest BCUT2D eigenvalue weighted by molar-refractivity contribution is 0.116. The fourth-order valence-electron chi connectivity index (χ4n) is 3.66. The highest BCUT2D eigenvalue weighted by molar-refractivity contribution is 7.15. The summed E-state index contributed by atoms with van der Waals surface area (Å²) in [6.07, 6.45) is -1.33. The van der Waals surface area contributed by atoms with E-state index in [1.165, 1.54) is 16.8 Å². The average Bonchev–Trinajstić information content (AvgIpc) is 3.57. The maximum atomic E-state index is 14.6. The van der Waals surface area contributed by atoms with E-state index in [4.69, 9.17) is 4.42 Å². The number of hydrogen-bond acceptors (Lipinski definition) is 7. The Kier molecular flexibility index (Phi) is 5.94. The molecule has 1 aliphatic heterocycles. The van der Waals surface area contributed by atoms with Gasteiger partial charge in [0.15, 0.2) is 0 Å². The van der Waals surface area contributed by atoms with Gasteiger partial charge in [0.05, 0.1) is 17.6 Å². The summed E-state index contributed by atoms with van der Waals surface area (Å²) in [5.41, 5.74) is 1.21. The lowest BCUT2D eigenvalue weighted by Gasteiger charge is -2.12. The predicted molar refractivity (Wildman–Crippen MR) is 112 cm³/mol. The second-order valence-electron chi connectivity index (χ2n) is 7.74. The first-order valence-electron chi connectivity index (χ1n) is 10.2. The lowest BCUT2D eigenvalue weighted by atomic mass is 10.1. The summed E-state index contributed by atoms with van der Waals surface area (Å²) in [6, 6.07) is 8.13. The van der Waals surface area contributed by atoms with E-state index < -0.39 is 24.3 Å². The molecule has 3 aromatic heterocycles. The largest absolute Gasteiger partial charge is 0.415 e. The Labute approximate surface area is 189 Å². The Morgan fingerprint density at radius 2 is 2.00 bits per heavy atom. The number of rotatable bonds is 7. The van der Waals surface area contributed by atoms with Crippen LogP contribution in [0.1, 0.15) is 29.2 Å². The zero-order chi connectivity index (χ0) is 22.9. The molecule has 1 saturated heterocycles. The molecule has 0 N–H and O–H groups in total. The van der Waals surface area contributed by atoms with Gasteiger partial charge >= 0.3 is 6.43 Å². The van der Waals surface area contributed by atoms with Crippen molar-refractivity contribution in [3.63, 3.8) is 0 Å². The quantitative estimate of drug-likeness (QED) is 0.358. The van der Waals surface area contributed by atoms with Crippen molar-refractivity contribution in [2.24, 2.45) is 0 Å². The van der Waals surface area contributed by atoms with Crippen molar-refractivity contribution in [3.05, 3.63) is 58.7 Å². The first-order valence-corrected chi connectivity index (χ1v) is 11.0. The summed E-state index contributed by atoms with van der Waals surface area (Å²) in [6.45, 7) is 2.06. The highest BCUT2D eigenvalue weighted by Gasteiger charge is 2.22. The zero-order valence-electron chi connectivity index (χ0n) is 17.2. The summed E-state index contributed by atoms with van der Waals surface area (Å²) in [7, 11) is 0. The molecule has 4 heterocycles. The fraction of sp³-hybridized carbons (Fsp3) is 0.333. The van der Waals surface area contributed by atoms with Gasteiger partial charge in [-0.15, -0.1) is 26.6 Å². The van der Waals surface area contributed by atoms with Crippen LogP contribution >= 0.6 is 11.3 Å². The normalized spacial score (nSPS) is 16.8. The van der Waals surface area contributed by atoms with Crippen LogP contribution in [-0.2, 0) is 13.1 Å². The molecule has 1 atom stereocenters. The van der Waals surface area contributed by atoms with Crippen molar-refractivity contribution in [3.8, 4) is 22.0 Å². The lowest BCUT2D eigenvalue weighted by Crippen LogP contribution is -2.19. The van der Waals surface area contributed by atoms with Gasteiger partial charge in [0.1, 0.15) is 17.7 Å². The van der Waals surface area contributed by atoms with Crippen LogP contribution in [0.5, 0.6) is 0 Å². The second kappa shape index (κ2) is 9.02. The van der Waals surface area contributed by atoms with Crippen molar-refractivity contribution in [2.45, 2.75) is 32.1 Å². The Morgan fingerprint density at radius 1 is 1.12 bits per heavy atom. The average molecular weight is 478 g/mol. The number of benzene rings is 1. The van der Waals surface area contributed by atoms with Crippen LogP contribution < -0.4 is 0 Å². The Balaban J connectivity index is 1.26. The van der Waals surface area contributed by atoms with E-state index in [1.54, 1.807) is 17.5 Å². The fourth-order valence-corrected chi connectivity index (χ4v) is 4.66. The molecule has 0 radical (unpaired) electrons. The molecule has 1 aromatic carbocycles. The third-order valence-electron chi connectivity index (χ3n) is 5.31. The van der Waals surface area contributed by atoms with E-state index in [2.05, 4.69) is 25.4 Å². The van der Waals surface area contributed by atoms with E-state index in [9.17, 15) is 17.6 Å². The first-order chi connectivity index (χ1) is 15.9. The number of halogens is 4. The molecule has 0 spiro atoms. The maximum absolute atomic E-state index is 14.6. The standard InChI is InChI=1S/C21H18F4N6OS/c22-14-5-6-30(9-14)10-15-3-4-18(33-15)17-11-31(29-26-17)8-13-2-1-12(7-16(13)23)20-27-28-21(32-20)19(24)25/h1-4,7,11,14,19H,5-6,8-10H2. The molecule has 12 heteroatoms. The Hall–Kier alpha value is -3.12. The van der Waals surface area contributed by atoms with Gasteiger partial charge in [-0.05, 0) is 30.7 Å². The van der Waals surface area contributed by atoms with Gasteiger partial charge < -0.3 is 4.42 Å². The smallest absolute Gasteiger partial charge is 0.314 e. The molecule has 7 nitrogen and oxygen atoms in total.